The molecule has 0 bridgehead atoms. The second kappa shape index (κ2) is 6.00. The fourth-order valence-electron chi connectivity index (χ4n) is 1.70. The lowest BCUT2D eigenvalue weighted by molar-refractivity contribution is -0.385. The SMILES string of the molecule is CCC(Cc1ccc(OC)c([N+](=O)[O-])c1)C(=O)O. The minimum Gasteiger partial charge on any atom is -0.490 e. The van der Waals surface area contributed by atoms with Crippen molar-refractivity contribution in [3.63, 3.8) is 0 Å². The molecule has 1 aromatic rings. The van der Waals surface area contributed by atoms with Gasteiger partial charge in [-0.25, -0.2) is 0 Å². The number of nitro groups is 1. The third kappa shape index (κ3) is 3.19. The minimum absolute atomic E-state index is 0.143. The van der Waals surface area contributed by atoms with Gasteiger partial charge in [0.15, 0.2) is 5.75 Å². The van der Waals surface area contributed by atoms with E-state index in [9.17, 15) is 14.9 Å². The molecule has 0 saturated carbocycles. The van der Waals surface area contributed by atoms with E-state index in [2.05, 4.69) is 0 Å². The molecule has 18 heavy (non-hydrogen) atoms. The van der Waals surface area contributed by atoms with Crippen molar-refractivity contribution in [3.05, 3.63) is 33.9 Å². The maximum absolute atomic E-state index is 10.9. The van der Waals surface area contributed by atoms with Gasteiger partial charge in [0, 0.05) is 6.07 Å². The Kier molecular flexibility index (Phi) is 4.65. The summed E-state index contributed by atoms with van der Waals surface area (Å²) in [4.78, 5) is 21.2. The average Bonchev–Trinajstić information content (AvgIpc) is 2.35. The van der Waals surface area contributed by atoms with E-state index < -0.39 is 16.8 Å². The first kappa shape index (κ1) is 14.0. The smallest absolute Gasteiger partial charge is 0.311 e. The first-order chi connectivity index (χ1) is 8.49. The summed E-state index contributed by atoms with van der Waals surface area (Å²) in [6.07, 6.45) is 0.756. The van der Waals surface area contributed by atoms with Crippen LogP contribution in [0.2, 0.25) is 0 Å². The fourth-order valence-corrected chi connectivity index (χ4v) is 1.70. The van der Waals surface area contributed by atoms with Crippen LogP contribution in [0.4, 0.5) is 5.69 Å². The molecule has 0 amide bonds. The van der Waals surface area contributed by atoms with Crippen LogP contribution in [0.25, 0.3) is 0 Å². The summed E-state index contributed by atoms with van der Waals surface area (Å²) in [5, 5.41) is 19.8. The predicted octanol–water partition coefficient (Wildman–Crippen LogP) is 2.26. The van der Waals surface area contributed by atoms with Gasteiger partial charge in [0.2, 0.25) is 0 Å². The Morgan fingerprint density at radius 2 is 2.22 bits per heavy atom. The van der Waals surface area contributed by atoms with Crippen molar-refractivity contribution in [2.24, 2.45) is 5.92 Å². The Morgan fingerprint density at radius 3 is 2.67 bits per heavy atom. The fraction of sp³-hybridized carbons (Fsp3) is 0.417. The third-order valence-electron chi connectivity index (χ3n) is 2.76. The molecular weight excluding hydrogens is 238 g/mol. The number of aliphatic carboxylic acids is 1. The van der Waals surface area contributed by atoms with Gasteiger partial charge in [-0.05, 0) is 24.5 Å². The molecule has 0 radical (unpaired) electrons. The number of ether oxygens (including phenoxy) is 1. The molecule has 0 saturated heterocycles. The molecule has 0 aromatic heterocycles. The lowest BCUT2D eigenvalue weighted by Gasteiger charge is -2.10. The Hall–Kier alpha value is -2.11. The highest BCUT2D eigenvalue weighted by Crippen LogP contribution is 2.28. The van der Waals surface area contributed by atoms with Gasteiger partial charge >= 0.3 is 11.7 Å². The molecule has 1 atom stereocenters. The van der Waals surface area contributed by atoms with Crippen molar-refractivity contribution in [2.45, 2.75) is 19.8 Å². The van der Waals surface area contributed by atoms with Crippen LogP contribution < -0.4 is 4.74 Å². The van der Waals surface area contributed by atoms with E-state index in [0.717, 1.165) is 0 Å². The molecule has 1 unspecified atom stereocenters. The van der Waals surface area contributed by atoms with Crippen LogP contribution in [0.3, 0.4) is 0 Å². The number of nitrogens with zero attached hydrogens (tertiary/aromatic N) is 1. The first-order valence-electron chi connectivity index (χ1n) is 5.53. The van der Waals surface area contributed by atoms with E-state index in [1.54, 1.807) is 13.0 Å². The molecule has 6 nitrogen and oxygen atoms in total. The van der Waals surface area contributed by atoms with Gasteiger partial charge in [-0.3, -0.25) is 14.9 Å². The Bertz CT molecular complexity index is 458. The van der Waals surface area contributed by atoms with E-state index >= 15 is 0 Å². The van der Waals surface area contributed by atoms with E-state index in [4.69, 9.17) is 9.84 Å². The van der Waals surface area contributed by atoms with Crippen molar-refractivity contribution in [1.82, 2.24) is 0 Å². The van der Waals surface area contributed by atoms with Crippen LogP contribution in [0, 0.1) is 16.0 Å². The highest BCUT2D eigenvalue weighted by molar-refractivity contribution is 5.70. The molecule has 0 aliphatic heterocycles. The zero-order valence-electron chi connectivity index (χ0n) is 10.3. The van der Waals surface area contributed by atoms with Crippen LogP contribution in [-0.2, 0) is 11.2 Å². The van der Waals surface area contributed by atoms with Crippen molar-refractivity contribution >= 4 is 11.7 Å². The summed E-state index contributed by atoms with van der Waals surface area (Å²) >= 11 is 0. The summed E-state index contributed by atoms with van der Waals surface area (Å²) in [6.45, 7) is 1.77. The van der Waals surface area contributed by atoms with Crippen molar-refractivity contribution in [1.29, 1.82) is 0 Å². The quantitative estimate of drug-likeness (QED) is 0.620. The van der Waals surface area contributed by atoms with Crippen LogP contribution in [-0.4, -0.2) is 23.1 Å². The number of carbonyl (C=O) groups is 1. The van der Waals surface area contributed by atoms with Gasteiger partial charge in [-0.15, -0.1) is 0 Å². The number of hydrogen-bond acceptors (Lipinski definition) is 4. The highest BCUT2D eigenvalue weighted by Gasteiger charge is 2.19. The Balaban J connectivity index is 3.01. The highest BCUT2D eigenvalue weighted by atomic mass is 16.6. The van der Waals surface area contributed by atoms with E-state index in [1.807, 2.05) is 0 Å². The van der Waals surface area contributed by atoms with Gasteiger partial charge in [-0.1, -0.05) is 13.0 Å². The number of methoxy groups -OCH3 is 1. The van der Waals surface area contributed by atoms with Crippen LogP contribution in [0.5, 0.6) is 5.75 Å². The maximum Gasteiger partial charge on any atom is 0.311 e. The van der Waals surface area contributed by atoms with Gasteiger partial charge < -0.3 is 9.84 Å². The normalized spacial score (nSPS) is 11.9. The second-order valence-corrected chi connectivity index (χ2v) is 3.91. The molecule has 6 heteroatoms. The third-order valence-corrected chi connectivity index (χ3v) is 2.76. The summed E-state index contributed by atoms with van der Waals surface area (Å²) in [5.74, 6) is -1.25. The molecule has 0 aliphatic rings. The molecule has 1 rings (SSSR count). The van der Waals surface area contributed by atoms with E-state index in [1.165, 1.54) is 19.2 Å². The van der Waals surface area contributed by atoms with Crippen LogP contribution in [0.1, 0.15) is 18.9 Å². The number of rotatable bonds is 6. The van der Waals surface area contributed by atoms with Crippen molar-refractivity contribution in [2.75, 3.05) is 7.11 Å². The summed E-state index contributed by atoms with van der Waals surface area (Å²) in [6, 6.07) is 4.50. The van der Waals surface area contributed by atoms with E-state index in [-0.39, 0.29) is 17.9 Å². The number of nitro benzene ring substituents is 1. The van der Waals surface area contributed by atoms with Crippen LogP contribution in [0.15, 0.2) is 18.2 Å². The molecule has 0 spiro atoms. The van der Waals surface area contributed by atoms with Gasteiger partial charge in [0.25, 0.3) is 0 Å². The molecule has 1 N–H and O–H groups in total. The minimum atomic E-state index is -0.893. The number of carboxylic acid groups (broad SMARTS) is 1. The second-order valence-electron chi connectivity index (χ2n) is 3.91. The lowest BCUT2D eigenvalue weighted by Crippen LogP contribution is -2.15. The summed E-state index contributed by atoms with van der Waals surface area (Å²) in [5.41, 5.74) is 0.479. The number of benzene rings is 1. The summed E-state index contributed by atoms with van der Waals surface area (Å²) < 4.78 is 4.88. The maximum atomic E-state index is 10.9. The van der Waals surface area contributed by atoms with Crippen molar-refractivity contribution in [3.8, 4) is 5.75 Å². The number of hydrogen-bond donors (Lipinski definition) is 1. The van der Waals surface area contributed by atoms with Gasteiger partial charge in [-0.2, -0.15) is 0 Å². The van der Waals surface area contributed by atoms with Gasteiger partial charge in [0.05, 0.1) is 18.0 Å². The average molecular weight is 253 g/mol. The van der Waals surface area contributed by atoms with Gasteiger partial charge in [0.1, 0.15) is 0 Å². The Labute approximate surface area is 104 Å². The zero-order valence-corrected chi connectivity index (χ0v) is 10.3. The van der Waals surface area contributed by atoms with Crippen molar-refractivity contribution < 1.29 is 19.6 Å². The summed E-state index contributed by atoms with van der Waals surface area (Å²) in [7, 11) is 1.36. The molecule has 1 aromatic carbocycles. The largest absolute Gasteiger partial charge is 0.490 e. The zero-order chi connectivity index (χ0) is 13.7. The number of carboxylic acids is 1. The van der Waals surface area contributed by atoms with Crippen LogP contribution >= 0.6 is 0 Å². The Morgan fingerprint density at radius 1 is 1.56 bits per heavy atom. The molecule has 0 aliphatic carbocycles. The molecule has 0 fully saturated rings. The predicted molar refractivity (Wildman–Crippen MR) is 64.8 cm³/mol. The molecule has 0 heterocycles. The monoisotopic (exact) mass is 253 g/mol. The first-order valence-corrected chi connectivity index (χ1v) is 5.53. The topological polar surface area (TPSA) is 89.7 Å². The standard InChI is InChI=1S/C12H15NO5/c1-3-9(12(14)15)6-8-4-5-11(18-2)10(7-8)13(16)17/h4-5,7,9H,3,6H2,1-2H3,(H,14,15). The lowest BCUT2D eigenvalue weighted by atomic mass is 9.97. The van der Waals surface area contributed by atoms with E-state index in [0.29, 0.717) is 12.0 Å². The molecule has 98 valence electrons. The molecular formula is C12H15NO5.